The van der Waals surface area contributed by atoms with Gasteiger partial charge in [0, 0.05) is 0 Å². The van der Waals surface area contributed by atoms with Gasteiger partial charge in [-0.15, -0.1) is 5.10 Å². The molecule has 0 aliphatic rings. The molecule has 0 radical (unpaired) electrons. The first-order chi connectivity index (χ1) is 9.16. The fourth-order valence-corrected chi connectivity index (χ4v) is 2.64. The van der Waals surface area contributed by atoms with Gasteiger partial charge >= 0.3 is 5.97 Å². The lowest BCUT2D eigenvalue weighted by atomic mass is 10.3. The number of rotatable bonds is 3. The molecule has 6 nitrogen and oxygen atoms in total. The summed E-state index contributed by atoms with van der Waals surface area (Å²) in [4.78, 5) is 16.3. The maximum atomic E-state index is 11.0. The highest BCUT2D eigenvalue weighted by Gasteiger charge is 2.18. The molecule has 7 heteroatoms. The smallest absolute Gasteiger partial charge is 0.323 e. The normalized spacial score (nSPS) is 11.0. The first-order valence-corrected chi connectivity index (χ1v) is 6.40. The Morgan fingerprint density at radius 3 is 2.89 bits per heavy atom. The summed E-state index contributed by atoms with van der Waals surface area (Å²) >= 11 is 1.22. The summed E-state index contributed by atoms with van der Waals surface area (Å²) in [5.41, 5.74) is 2.33. The van der Waals surface area contributed by atoms with Crippen molar-refractivity contribution >= 4 is 28.5 Å². The summed E-state index contributed by atoms with van der Waals surface area (Å²) < 4.78 is 5.56. The van der Waals surface area contributed by atoms with Gasteiger partial charge in [-0.1, -0.05) is 16.6 Å². The van der Waals surface area contributed by atoms with Crippen molar-refractivity contribution in [3.63, 3.8) is 0 Å². The Kier molecular flexibility index (Phi) is 2.75. The molecule has 0 saturated carbocycles. The third-order valence-electron chi connectivity index (χ3n) is 2.80. The summed E-state index contributed by atoms with van der Waals surface area (Å²) in [6.07, 6.45) is 0. The molecule has 0 spiro atoms. The number of imidazole rings is 1. The van der Waals surface area contributed by atoms with Crippen molar-refractivity contribution in [3.05, 3.63) is 30.0 Å². The van der Waals surface area contributed by atoms with Crippen molar-refractivity contribution in [1.29, 1.82) is 0 Å². The molecular formula is C12H10N4O2S. The average molecular weight is 274 g/mol. The minimum atomic E-state index is -0.903. The van der Waals surface area contributed by atoms with Crippen molar-refractivity contribution < 1.29 is 9.90 Å². The predicted octanol–water partition coefficient (Wildman–Crippen LogP) is 1.95. The SMILES string of the molecule is Cc1nnsc1-c1nc2ccccc2n1CC(=O)O. The van der Waals surface area contributed by atoms with Gasteiger partial charge in [-0.25, -0.2) is 4.98 Å². The largest absolute Gasteiger partial charge is 0.480 e. The number of aryl methyl sites for hydroxylation is 1. The number of fused-ring (bicyclic) bond motifs is 1. The molecule has 0 saturated heterocycles. The number of carbonyl (C=O) groups is 1. The molecule has 0 amide bonds. The first-order valence-electron chi connectivity index (χ1n) is 5.63. The Morgan fingerprint density at radius 1 is 1.42 bits per heavy atom. The highest BCUT2D eigenvalue weighted by atomic mass is 32.1. The van der Waals surface area contributed by atoms with Gasteiger partial charge in [-0.2, -0.15) is 0 Å². The molecule has 19 heavy (non-hydrogen) atoms. The zero-order valence-corrected chi connectivity index (χ0v) is 10.9. The number of aliphatic carboxylic acids is 1. The third kappa shape index (κ3) is 1.97. The molecule has 0 fully saturated rings. The Labute approximate surface area is 112 Å². The van der Waals surface area contributed by atoms with E-state index in [0.717, 1.165) is 21.6 Å². The van der Waals surface area contributed by atoms with Crippen LogP contribution in [0.15, 0.2) is 24.3 Å². The number of carboxylic acids is 1. The summed E-state index contributed by atoms with van der Waals surface area (Å²) in [5.74, 6) is -0.296. The van der Waals surface area contributed by atoms with Crippen LogP contribution in [0.5, 0.6) is 0 Å². The molecule has 3 aromatic rings. The highest BCUT2D eigenvalue weighted by molar-refractivity contribution is 7.09. The topological polar surface area (TPSA) is 80.9 Å². The molecule has 0 atom stereocenters. The van der Waals surface area contributed by atoms with Crippen LogP contribution < -0.4 is 0 Å². The second kappa shape index (κ2) is 4.43. The predicted molar refractivity (Wildman–Crippen MR) is 71.0 cm³/mol. The molecule has 0 unspecified atom stereocenters. The molecule has 2 aromatic heterocycles. The van der Waals surface area contributed by atoms with Gasteiger partial charge in [0.2, 0.25) is 0 Å². The van der Waals surface area contributed by atoms with Crippen LogP contribution in [0.2, 0.25) is 0 Å². The molecule has 3 rings (SSSR count). The third-order valence-corrected chi connectivity index (χ3v) is 3.63. The van der Waals surface area contributed by atoms with Gasteiger partial charge in [0.05, 0.1) is 16.7 Å². The fraction of sp³-hybridized carbons (Fsp3) is 0.167. The van der Waals surface area contributed by atoms with Crippen LogP contribution >= 0.6 is 11.5 Å². The maximum absolute atomic E-state index is 11.0. The second-order valence-electron chi connectivity index (χ2n) is 4.09. The van der Waals surface area contributed by atoms with Crippen LogP contribution in [0.25, 0.3) is 21.7 Å². The minimum Gasteiger partial charge on any atom is -0.480 e. The number of aromatic nitrogens is 4. The maximum Gasteiger partial charge on any atom is 0.323 e. The van der Waals surface area contributed by atoms with Gasteiger partial charge in [0.15, 0.2) is 5.82 Å². The summed E-state index contributed by atoms with van der Waals surface area (Å²) in [6.45, 7) is 1.70. The Bertz CT molecular complexity index is 762. The number of nitrogens with zero attached hydrogens (tertiary/aromatic N) is 4. The van der Waals surface area contributed by atoms with E-state index in [4.69, 9.17) is 5.11 Å². The van der Waals surface area contributed by atoms with Crippen LogP contribution in [0.3, 0.4) is 0 Å². The number of para-hydroxylation sites is 2. The molecular weight excluding hydrogens is 264 g/mol. The number of carboxylic acid groups (broad SMARTS) is 1. The summed E-state index contributed by atoms with van der Waals surface area (Å²) in [5, 5.41) is 13.0. The van der Waals surface area contributed by atoms with E-state index in [9.17, 15) is 4.79 Å². The van der Waals surface area contributed by atoms with E-state index in [2.05, 4.69) is 14.6 Å². The number of hydrogen-bond donors (Lipinski definition) is 1. The van der Waals surface area contributed by atoms with Crippen molar-refractivity contribution in [3.8, 4) is 10.7 Å². The molecule has 1 N–H and O–H groups in total. The fourth-order valence-electron chi connectivity index (χ4n) is 1.98. The van der Waals surface area contributed by atoms with Crippen molar-refractivity contribution in [2.24, 2.45) is 0 Å². The quantitative estimate of drug-likeness (QED) is 0.789. The second-order valence-corrected chi connectivity index (χ2v) is 4.85. The lowest BCUT2D eigenvalue weighted by Gasteiger charge is -2.04. The number of hydrogen-bond acceptors (Lipinski definition) is 5. The van der Waals surface area contributed by atoms with Crippen molar-refractivity contribution in [2.45, 2.75) is 13.5 Å². The standard InChI is InChI=1S/C12H10N4O2S/c1-7-11(19-15-14-7)12-13-8-4-2-3-5-9(8)16(12)6-10(17)18/h2-5H,6H2,1H3,(H,17,18). The zero-order chi connectivity index (χ0) is 13.4. The van der Waals surface area contributed by atoms with E-state index in [1.165, 1.54) is 11.5 Å². The van der Waals surface area contributed by atoms with Crippen LogP contribution in [0, 0.1) is 6.92 Å². The van der Waals surface area contributed by atoms with Crippen LogP contribution in [-0.2, 0) is 11.3 Å². The first kappa shape index (κ1) is 11.8. The average Bonchev–Trinajstić information content (AvgIpc) is 2.93. The molecule has 0 aliphatic carbocycles. The highest BCUT2D eigenvalue weighted by Crippen LogP contribution is 2.28. The van der Waals surface area contributed by atoms with Crippen LogP contribution in [0.4, 0.5) is 0 Å². The van der Waals surface area contributed by atoms with Gasteiger partial charge < -0.3 is 9.67 Å². The molecule has 96 valence electrons. The lowest BCUT2D eigenvalue weighted by molar-refractivity contribution is -0.137. The monoisotopic (exact) mass is 274 g/mol. The number of benzene rings is 1. The van der Waals surface area contributed by atoms with E-state index < -0.39 is 5.97 Å². The Hall–Kier alpha value is -2.28. The molecule has 0 bridgehead atoms. The Morgan fingerprint density at radius 2 is 2.21 bits per heavy atom. The Balaban J connectivity index is 2.28. The summed E-state index contributed by atoms with van der Waals surface area (Å²) in [6, 6.07) is 7.46. The molecule has 0 aliphatic heterocycles. The van der Waals surface area contributed by atoms with Crippen molar-refractivity contribution in [1.82, 2.24) is 19.1 Å². The van der Waals surface area contributed by atoms with Gasteiger partial charge in [0.1, 0.15) is 11.4 Å². The van der Waals surface area contributed by atoms with Crippen LogP contribution in [-0.4, -0.2) is 30.2 Å². The zero-order valence-electron chi connectivity index (χ0n) is 10.1. The minimum absolute atomic E-state index is 0.132. The van der Waals surface area contributed by atoms with E-state index >= 15 is 0 Å². The van der Waals surface area contributed by atoms with E-state index in [0.29, 0.717) is 5.82 Å². The van der Waals surface area contributed by atoms with E-state index in [1.54, 1.807) is 4.57 Å². The van der Waals surface area contributed by atoms with Gasteiger partial charge in [-0.05, 0) is 30.6 Å². The summed E-state index contributed by atoms with van der Waals surface area (Å²) in [7, 11) is 0. The van der Waals surface area contributed by atoms with Crippen LogP contribution in [0.1, 0.15) is 5.69 Å². The van der Waals surface area contributed by atoms with E-state index in [-0.39, 0.29) is 6.54 Å². The molecule has 2 heterocycles. The lowest BCUT2D eigenvalue weighted by Crippen LogP contribution is -2.09. The van der Waals surface area contributed by atoms with Gasteiger partial charge in [-0.3, -0.25) is 4.79 Å². The van der Waals surface area contributed by atoms with Crippen molar-refractivity contribution in [2.75, 3.05) is 0 Å². The van der Waals surface area contributed by atoms with E-state index in [1.807, 2.05) is 31.2 Å². The van der Waals surface area contributed by atoms with Gasteiger partial charge in [0.25, 0.3) is 0 Å². The molecule has 1 aromatic carbocycles.